The molecule has 1 atom stereocenters. The molecule has 1 aromatic carbocycles. The number of hydrogen-bond acceptors (Lipinski definition) is 4. The fourth-order valence-corrected chi connectivity index (χ4v) is 1.30. The number of aliphatic hydroxyl groups excluding tert-OH is 1. The Balaban J connectivity index is 2.71. The van der Waals surface area contributed by atoms with Crippen molar-refractivity contribution < 1.29 is 19.7 Å². The van der Waals surface area contributed by atoms with Gasteiger partial charge in [-0.1, -0.05) is 18.2 Å². The number of para-hydroxylation sites is 1. The zero-order chi connectivity index (χ0) is 12.0. The molecule has 1 unspecified atom stereocenters. The molecule has 0 amide bonds. The third kappa shape index (κ3) is 3.88. The van der Waals surface area contributed by atoms with Crippen LogP contribution in [0, 0.1) is 0 Å². The van der Waals surface area contributed by atoms with E-state index in [1.165, 1.54) is 0 Å². The Bertz CT molecular complexity index is 354. The van der Waals surface area contributed by atoms with Crippen molar-refractivity contribution in [2.24, 2.45) is 5.73 Å². The lowest BCUT2D eigenvalue weighted by molar-refractivity contribution is -0.139. The first-order valence-electron chi connectivity index (χ1n) is 4.92. The number of aliphatic hydroxyl groups is 1. The number of carboxylic acid groups (broad SMARTS) is 1. The second-order valence-corrected chi connectivity index (χ2v) is 3.44. The Hall–Kier alpha value is -1.59. The zero-order valence-electron chi connectivity index (χ0n) is 8.80. The Labute approximate surface area is 93.5 Å². The second-order valence-electron chi connectivity index (χ2n) is 3.44. The van der Waals surface area contributed by atoms with E-state index in [9.17, 15) is 4.79 Å². The van der Waals surface area contributed by atoms with Gasteiger partial charge in [-0.05, 0) is 18.1 Å². The molecule has 0 spiro atoms. The van der Waals surface area contributed by atoms with Gasteiger partial charge >= 0.3 is 5.97 Å². The van der Waals surface area contributed by atoms with Gasteiger partial charge in [0.25, 0.3) is 0 Å². The van der Waals surface area contributed by atoms with Crippen molar-refractivity contribution >= 4 is 5.97 Å². The number of carbonyl (C=O) groups is 1. The van der Waals surface area contributed by atoms with Gasteiger partial charge in [-0.15, -0.1) is 0 Å². The lowest BCUT2D eigenvalue weighted by atomic mass is 10.1. The molecule has 88 valence electrons. The summed E-state index contributed by atoms with van der Waals surface area (Å²) in [6.45, 7) is -0.501. The van der Waals surface area contributed by atoms with Gasteiger partial charge in [-0.25, -0.2) is 4.79 Å². The number of ether oxygens (including phenoxy) is 1. The molecule has 1 aromatic rings. The van der Waals surface area contributed by atoms with Crippen molar-refractivity contribution in [3.8, 4) is 5.75 Å². The molecular formula is C11H15NO4. The van der Waals surface area contributed by atoms with Crippen LogP contribution in [-0.4, -0.2) is 35.4 Å². The summed E-state index contributed by atoms with van der Waals surface area (Å²) >= 11 is 0. The molecule has 16 heavy (non-hydrogen) atoms. The number of hydrogen-bond donors (Lipinski definition) is 3. The third-order valence-corrected chi connectivity index (χ3v) is 2.04. The van der Waals surface area contributed by atoms with Crippen LogP contribution >= 0.6 is 0 Å². The Morgan fingerprint density at radius 3 is 2.75 bits per heavy atom. The highest BCUT2D eigenvalue weighted by Crippen LogP contribution is 2.19. The summed E-state index contributed by atoms with van der Waals surface area (Å²) in [4.78, 5) is 10.4. The topological polar surface area (TPSA) is 92.8 Å². The summed E-state index contributed by atoms with van der Waals surface area (Å²) in [5, 5.41) is 17.3. The molecule has 0 aromatic heterocycles. The van der Waals surface area contributed by atoms with Gasteiger partial charge in [-0.2, -0.15) is 0 Å². The van der Waals surface area contributed by atoms with Crippen LogP contribution in [0.25, 0.3) is 0 Å². The maximum Gasteiger partial charge on any atom is 0.341 e. The van der Waals surface area contributed by atoms with E-state index < -0.39 is 5.97 Å². The average molecular weight is 225 g/mol. The molecular weight excluding hydrogens is 210 g/mol. The monoisotopic (exact) mass is 225 g/mol. The number of aliphatic carboxylic acids is 1. The predicted octanol–water partition coefficient (Wildman–Crippen LogP) is 0.0121. The quantitative estimate of drug-likeness (QED) is 0.634. The first-order valence-corrected chi connectivity index (χ1v) is 4.92. The molecule has 5 heteroatoms. The lowest BCUT2D eigenvalue weighted by Crippen LogP contribution is -2.27. The molecule has 0 aliphatic carbocycles. The van der Waals surface area contributed by atoms with Crippen LogP contribution in [0.5, 0.6) is 5.75 Å². The van der Waals surface area contributed by atoms with Gasteiger partial charge in [0.1, 0.15) is 5.75 Å². The Kier molecular flexibility index (Phi) is 4.75. The van der Waals surface area contributed by atoms with Crippen LogP contribution in [0.3, 0.4) is 0 Å². The molecule has 0 aliphatic heterocycles. The molecule has 0 aliphatic rings. The van der Waals surface area contributed by atoms with Crippen LogP contribution in [0.2, 0.25) is 0 Å². The normalized spacial score (nSPS) is 12.1. The van der Waals surface area contributed by atoms with Crippen LogP contribution in [0.15, 0.2) is 24.3 Å². The summed E-state index contributed by atoms with van der Waals surface area (Å²) < 4.78 is 5.11. The summed E-state index contributed by atoms with van der Waals surface area (Å²) in [6.07, 6.45) is 0.451. The van der Waals surface area contributed by atoms with Gasteiger partial charge < -0.3 is 20.7 Å². The van der Waals surface area contributed by atoms with Crippen molar-refractivity contribution in [1.29, 1.82) is 0 Å². The van der Waals surface area contributed by atoms with Gasteiger partial charge in [0, 0.05) is 6.04 Å². The standard InChI is InChI=1S/C11H15NO4/c12-9(6-13)5-8-3-1-2-4-10(8)16-7-11(14)15/h1-4,9,13H,5-7,12H2,(H,14,15). The number of carboxylic acids is 1. The molecule has 5 nitrogen and oxygen atoms in total. The number of benzene rings is 1. The largest absolute Gasteiger partial charge is 0.482 e. The van der Waals surface area contributed by atoms with Crippen molar-refractivity contribution in [1.82, 2.24) is 0 Å². The predicted molar refractivity (Wildman–Crippen MR) is 58.3 cm³/mol. The van der Waals surface area contributed by atoms with Gasteiger partial charge in [0.05, 0.1) is 6.61 Å². The SMILES string of the molecule is NC(CO)Cc1ccccc1OCC(=O)O. The summed E-state index contributed by atoms with van der Waals surface area (Å²) in [7, 11) is 0. The minimum absolute atomic E-state index is 0.118. The highest BCUT2D eigenvalue weighted by Gasteiger charge is 2.08. The van der Waals surface area contributed by atoms with E-state index >= 15 is 0 Å². The molecule has 0 saturated heterocycles. The van der Waals surface area contributed by atoms with E-state index in [1.807, 2.05) is 6.07 Å². The smallest absolute Gasteiger partial charge is 0.341 e. The van der Waals surface area contributed by atoms with E-state index in [2.05, 4.69) is 0 Å². The fraction of sp³-hybridized carbons (Fsp3) is 0.364. The van der Waals surface area contributed by atoms with E-state index in [0.717, 1.165) is 5.56 Å². The first kappa shape index (κ1) is 12.5. The van der Waals surface area contributed by atoms with Gasteiger partial charge in [-0.3, -0.25) is 0 Å². The minimum Gasteiger partial charge on any atom is -0.482 e. The maximum atomic E-state index is 10.4. The maximum absolute atomic E-state index is 10.4. The molecule has 0 saturated carbocycles. The van der Waals surface area contributed by atoms with E-state index in [1.54, 1.807) is 18.2 Å². The molecule has 4 N–H and O–H groups in total. The van der Waals surface area contributed by atoms with Crippen molar-refractivity contribution in [2.45, 2.75) is 12.5 Å². The van der Waals surface area contributed by atoms with Crippen LogP contribution in [0.1, 0.15) is 5.56 Å². The molecule has 0 heterocycles. The highest BCUT2D eigenvalue weighted by molar-refractivity contribution is 5.68. The first-order chi connectivity index (χ1) is 7.63. The molecule has 0 radical (unpaired) electrons. The summed E-state index contributed by atoms with van der Waals surface area (Å²) in [5.74, 6) is -0.532. The number of nitrogens with two attached hydrogens (primary N) is 1. The molecule has 0 fully saturated rings. The summed E-state index contributed by atoms with van der Waals surface area (Å²) in [6, 6.07) is 6.68. The number of rotatable bonds is 6. The molecule has 1 rings (SSSR count). The lowest BCUT2D eigenvalue weighted by Gasteiger charge is -2.12. The van der Waals surface area contributed by atoms with Crippen LogP contribution < -0.4 is 10.5 Å². The van der Waals surface area contributed by atoms with E-state index in [4.69, 9.17) is 20.7 Å². The van der Waals surface area contributed by atoms with Gasteiger partial charge in [0.2, 0.25) is 0 Å². The van der Waals surface area contributed by atoms with Crippen molar-refractivity contribution in [2.75, 3.05) is 13.2 Å². The molecule has 0 bridgehead atoms. The summed E-state index contributed by atoms with van der Waals surface area (Å²) in [5.41, 5.74) is 6.40. The third-order valence-electron chi connectivity index (χ3n) is 2.04. The minimum atomic E-state index is -1.03. The second kappa shape index (κ2) is 6.09. The highest BCUT2D eigenvalue weighted by atomic mass is 16.5. The fourth-order valence-electron chi connectivity index (χ4n) is 1.30. The van der Waals surface area contributed by atoms with Gasteiger partial charge in [0.15, 0.2) is 6.61 Å². The van der Waals surface area contributed by atoms with Crippen LogP contribution in [-0.2, 0) is 11.2 Å². The average Bonchev–Trinajstić information content (AvgIpc) is 2.27. The Morgan fingerprint density at radius 2 is 2.12 bits per heavy atom. The van der Waals surface area contributed by atoms with Crippen molar-refractivity contribution in [3.63, 3.8) is 0 Å². The van der Waals surface area contributed by atoms with E-state index in [0.29, 0.717) is 12.2 Å². The van der Waals surface area contributed by atoms with Crippen molar-refractivity contribution in [3.05, 3.63) is 29.8 Å². The van der Waals surface area contributed by atoms with E-state index in [-0.39, 0.29) is 19.3 Å². The Morgan fingerprint density at radius 1 is 1.44 bits per heavy atom. The zero-order valence-corrected chi connectivity index (χ0v) is 8.80. The van der Waals surface area contributed by atoms with Crippen LogP contribution in [0.4, 0.5) is 0 Å².